The van der Waals surface area contributed by atoms with E-state index in [-0.39, 0.29) is 25.0 Å². The Hall–Kier alpha value is -2.70. The van der Waals surface area contributed by atoms with E-state index in [0.717, 1.165) is 5.57 Å². The van der Waals surface area contributed by atoms with E-state index in [4.69, 9.17) is 32.7 Å². The number of benzene rings is 2. The molecular weight excluding hydrogens is 403 g/mol. The molecular formula is C20H18Cl2N2O4. The molecule has 1 heterocycles. The van der Waals surface area contributed by atoms with E-state index >= 15 is 0 Å². The number of anilines is 2. The maximum atomic E-state index is 12.2. The van der Waals surface area contributed by atoms with Crippen molar-refractivity contribution in [2.75, 3.05) is 30.0 Å². The van der Waals surface area contributed by atoms with Gasteiger partial charge in [0.15, 0.2) is 13.2 Å². The van der Waals surface area contributed by atoms with Crippen LogP contribution in [-0.4, -0.2) is 31.6 Å². The first-order valence-electron chi connectivity index (χ1n) is 8.43. The van der Waals surface area contributed by atoms with Crippen molar-refractivity contribution in [2.45, 2.75) is 6.92 Å². The van der Waals surface area contributed by atoms with Crippen molar-refractivity contribution in [1.82, 2.24) is 0 Å². The monoisotopic (exact) mass is 420 g/mol. The molecule has 0 aromatic heterocycles. The van der Waals surface area contributed by atoms with Gasteiger partial charge in [-0.1, -0.05) is 35.4 Å². The molecule has 1 aliphatic rings. The van der Waals surface area contributed by atoms with Crippen molar-refractivity contribution in [3.05, 3.63) is 58.6 Å². The largest absolute Gasteiger partial charge is 0.482 e. The molecule has 2 aromatic carbocycles. The van der Waals surface area contributed by atoms with Crippen LogP contribution in [0, 0.1) is 0 Å². The van der Waals surface area contributed by atoms with Crippen LogP contribution in [0.25, 0.3) is 0 Å². The zero-order chi connectivity index (χ0) is 20.3. The van der Waals surface area contributed by atoms with Crippen LogP contribution < -0.4 is 19.7 Å². The van der Waals surface area contributed by atoms with Crippen molar-refractivity contribution >= 4 is 46.4 Å². The second-order valence-corrected chi connectivity index (χ2v) is 7.16. The zero-order valence-corrected chi connectivity index (χ0v) is 16.6. The number of hydrogen-bond donors (Lipinski definition) is 1. The fourth-order valence-electron chi connectivity index (χ4n) is 2.66. The summed E-state index contributed by atoms with van der Waals surface area (Å²) in [4.78, 5) is 26.0. The Kier molecular flexibility index (Phi) is 6.11. The van der Waals surface area contributed by atoms with Crippen LogP contribution in [0.4, 0.5) is 11.4 Å². The van der Waals surface area contributed by atoms with E-state index in [1.807, 2.05) is 6.92 Å². The molecule has 0 bridgehead atoms. The number of rotatable bonds is 6. The van der Waals surface area contributed by atoms with Gasteiger partial charge in [-0.15, -0.1) is 0 Å². The molecule has 8 heteroatoms. The highest BCUT2D eigenvalue weighted by atomic mass is 35.5. The Morgan fingerprint density at radius 2 is 2.07 bits per heavy atom. The zero-order valence-electron chi connectivity index (χ0n) is 15.1. The van der Waals surface area contributed by atoms with Crippen LogP contribution in [0.1, 0.15) is 6.92 Å². The maximum Gasteiger partial charge on any atom is 0.265 e. The van der Waals surface area contributed by atoms with Crippen LogP contribution >= 0.6 is 23.2 Å². The average molecular weight is 421 g/mol. The molecule has 0 unspecified atom stereocenters. The number of carbonyl (C=O) groups is 2. The minimum absolute atomic E-state index is 0.0261. The van der Waals surface area contributed by atoms with Crippen LogP contribution in [0.15, 0.2) is 48.6 Å². The van der Waals surface area contributed by atoms with Crippen molar-refractivity contribution in [3.8, 4) is 11.5 Å². The Morgan fingerprint density at radius 3 is 2.79 bits per heavy atom. The van der Waals surface area contributed by atoms with Crippen LogP contribution in [0.5, 0.6) is 11.5 Å². The quantitative estimate of drug-likeness (QED) is 0.706. The number of nitrogens with one attached hydrogen (secondary N) is 1. The van der Waals surface area contributed by atoms with Gasteiger partial charge in [-0.2, -0.15) is 0 Å². The number of halogens is 2. The fraction of sp³-hybridized carbons (Fsp3) is 0.200. The summed E-state index contributed by atoms with van der Waals surface area (Å²) < 4.78 is 10.9. The van der Waals surface area contributed by atoms with Gasteiger partial charge in [-0.25, -0.2) is 0 Å². The first-order chi connectivity index (χ1) is 13.3. The van der Waals surface area contributed by atoms with Gasteiger partial charge in [0.1, 0.15) is 11.5 Å². The summed E-state index contributed by atoms with van der Waals surface area (Å²) in [6.45, 7) is 5.81. The van der Waals surface area contributed by atoms with Crippen LogP contribution in [0.2, 0.25) is 10.0 Å². The SMILES string of the molecule is C=C(C)CN1C(=O)COc2ccc(NC(=O)COc3ccc(Cl)cc3Cl)cc21. The first-order valence-corrected chi connectivity index (χ1v) is 9.18. The third kappa shape index (κ3) is 4.77. The topological polar surface area (TPSA) is 67.9 Å². The lowest BCUT2D eigenvalue weighted by atomic mass is 10.2. The number of carbonyl (C=O) groups excluding carboxylic acids is 2. The lowest BCUT2D eigenvalue weighted by Gasteiger charge is -2.30. The molecule has 0 fully saturated rings. The standard InChI is InChI=1S/C20H18Cl2N2O4/c1-12(2)9-24-16-8-14(4-6-18(16)28-11-20(24)26)23-19(25)10-27-17-5-3-13(21)7-15(17)22/h3-8H,1,9-11H2,2H3,(H,23,25). The average Bonchev–Trinajstić information content (AvgIpc) is 2.63. The molecule has 6 nitrogen and oxygen atoms in total. The van der Waals surface area contributed by atoms with E-state index in [1.165, 1.54) is 6.07 Å². The number of hydrogen-bond acceptors (Lipinski definition) is 4. The molecule has 0 radical (unpaired) electrons. The lowest BCUT2D eigenvalue weighted by molar-refractivity contribution is -0.121. The van der Waals surface area contributed by atoms with Crippen molar-refractivity contribution in [3.63, 3.8) is 0 Å². The van der Waals surface area contributed by atoms with Crippen LogP contribution in [0.3, 0.4) is 0 Å². The second-order valence-electron chi connectivity index (χ2n) is 6.32. The molecule has 2 amide bonds. The molecule has 2 aromatic rings. The molecule has 3 rings (SSSR count). The van der Waals surface area contributed by atoms with E-state index in [2.05, 4.69) is 11.9 Å². The summed E-state index contributed by atoms with van der Waals surface area (Å²) in [7, 11) is 0. The van der Waals surface area contributed by atoms with E-state index in [1.54, 1.807) is 35.2 Å². The number of fused-ring (bicyclic) bond motifs is 1. The normalized spacial score (nSPS) is 12.8. The minimum Gasteiger partial charge on any atom is -0.482 e. The first kappa shape index (κ1) is 20.0. The number of amides is 2. The van der Waals surface area contributed by atoms with Gasteiger partial charge < -0.3 is 19.7 Å². The molecule has 0 spiro atoms. The summed E-state index contributed by atoms with van der Waals surface area (Å²) in [6, 6.07) is 9.84. The molecule has 1 aliphatic heterocycles. The molecule has 0 saturated carbocycles. The summed E-state index contributed by atoms with van der Waals surface area (Å²) in [5.41, 5.74) is 1.93. The lowest BCUT2D eigenvalue weighted by Crippen LogP contribution is -2.39. The highest BCUT2D eigenvalue weighted by molar-refractivity contribution is 6.35. The third-order valence-corrected chi connectivity index (χ3v) is 4.40. The van der Waals surface area contributed by atoms with Gasteiger partial charge in [0.2, 0.25) is 0 Å². The fourth-order valence-corrected chi connectivity index (χ4v) is 3.12. The van der Waals surface area contributed by atoms with Gasteiger partial charge in [0.05, 0.1) is 10.7 Å². The van der Waals surface area contributed by atoms with E-state index < -0.39 is 0 Å². The summed E-state index contributed by atoms with van der Waals surface area (Å²) in [5, 5.41) is 3.53. The number of nitrogens with zero attached hydrogens (tertiary/aromatic N) is 1. The summed E-state index contributed by atoms with van der Waals surface area (Å²) in [6.07, 6.45) is 0. The molecule has 0 aliphatic carbocycles. The van der Waals surface area contributed by atoms with Gasteiger partial charge >= 0.3 is 0 Å². The van der Waals surface area contributed by atoms with E-state index in [9.17, 15) is 9.59 Å². The smallest absolute Gasteiger partial charge is 0.265 e. The highest BCUT2D eigenvalue weighted by Crippen LogP contribution is 2.35. The molecule has 0 saturated heterocycles. The predicted octanol–water partition coefficient (Wildman–Crippen LogP) is 4.31. The Bertz CT molecular complexity index is 946. The van der Waals surface area contributed by atoms with Gasteiger partial charge in [-0.3, -0.25) is 9.59 Å². The van der Waals surface area contributed by atoms with Crippen molar-refractivity contribution in [2.24, 2.45) is 0 Å². The molecule has 146 valence electrons. The Balaban J connectivity index is 1.69. The Labute approximate surface area is 172 Å². The molecule has 1 N–H and O–H groups in total. The predicted molar refractivity (Wildman–Crippen MR) is 110 cm³/mol. The molecule has 28 heavy (non-hydrogen) atoms. The second kappa shape index (κ2) is 8.54. The van der Waals surface area contributed by atoms with Gasteiger partial charge in [-0.05, 0) is 43.3 Å². The summed E-state index contributed by atoms with van der Waals surface area (Å²) >= 11 is 11.9. The van der Waals surface area contributed by atoms with E-state index in [0.29, 0.717) is 39.5 Å². The highest BCUT2D eigenvalue weighted by Gasteiger charge is 2.25. The van der Waals surface area contributed by atoms with Gasteiger partial charge in [0, 0.05) is 17.3 Å². The third-order valence-electron chi connectivity index (χ3n) is 3.87. The summed E-state index contributed by atoms with van der Waals surface area (Å²) in [5.74, 6) is 0.390. The Morgan fingerprint density at radius 1 is 1.29 bits per heavy atom. The van der Waals surface area contributed by atoms with Gasteiger partial charge in [0.25, 0.3) is 11.8 Å². The van der Waals surface area contributed by atoms with Crippen LogP contribution in [-0.2, 0) is 9.59 Å². The number of ether oxygens (including phenoxy) is 2. The van der Waals surface area contributed by atoms with Crippen molar-refractivity contribution < 1.29 is 19.1 Å². The van der Waals surface area contributed by atoms with Crippen molar-refractivity contribution in [1.29, 1.82) is 0 Å². The minimum atomic E-state index is -0.375. The maximum absolute atomic E-state index is 12.2. The molecule has 0 atom stereocenters.